The number of aromatic nitrogens is 1. The zero-order valence-corrected chi connectivity index (χ0v) is 19.6. The highest BCUT2D eigenvalue weighted by Crippen LogP contribution is 2.73. The van der Waals surface area contributed by atoms with Gasteiger partial charge >= 0.3 is 10.8 Å². The average Bonchev–Trinajstić information content (AvgIpc) is 3.48. The number of thiazole rings is 1. The molecule has 0 radical (unpaired) electrons. The smallest absolute Gasteiger partial charge is 0.323 e. The molecule has 2 N–H and O–H groups in total. The lowest BCUT2D eigenvalue weighted by Gasteiger charge is -2.50. The van der Waals surface area contributed by atoms with Crippen LogP contribution in [0.15, 0.2) is 34.1 Å². The number of aliphatic carboxylic acids is 1. The number of methoxy groups -OCH3 is 1. The maximum Gasteiger partial charge on any atom is 0.323 e. The van der Waals surface area contributed by atoms with E-state index in [0.717, 1.165) is 32.5 Å². The van der Waals surface area contributed by atoms with Gasteiger partial charge in [-0.25, -0.2) is 0 Å². The van der Waals surface area contributed by atoms with Crippen molar-refractivity contribution >= 4 is 40.9 Å². The van der Waals surface area contributed by atoms with Gasteiger partial charge in [-0.2, -0.15) is 0 Å². The Morgan fingerprint density at radius 1 is 1.21 bits per heavy atom. The Bertz CT molecular complexity index is 1250. The summed E-state index contributed by atoms with van der Waals surface area (Å²) >= 11 is 2.83. The lowest BCUT2D eigenvalue weighted by atomic mass is 9.63. The summed E-state index contributed by atoms with van der Waals surface area (Å²) in [5.74, 6) is -2.28. The first-order valence-electron chi connectivity index (χ1n) is 10.9. The predicted molar refractivity (Wildman–Crippen MR) is 120 cm³/mol. The number of ether oxygens (including phenoxy) is 1. The molecule has 2 aliphatic heterocycles. The number of carbonyl (C=O) groups is 3. The summed E-state index contributed by atoms with van der Waals surface area (Å²) in [4.78, 5) is 54.9. The number of amides is 2. The molecule has 2 amide bonds. The number of aromatic amines is 1. The maximum absolute atomic E-state index is 13.2. The normalized spacial score (nSPS) is 36.0. The number of fused-ring (bicyclic) bond motifs is 9. The molecular weight excluding hydrogens is 464 g/mol. The third-order valence-electron chi connectivity index (χ3n) is 8.14. The fourth-order valence-electron chi connectivity index (χ4n) is 7.04. The Balaban J connectivity index is 1.48. The van der Waals surface area contributed by atoms with E-state index in [1.165, 1.54) is 11.3 Å². The Kier molecular flexibility index (Phi) is 4.42. The zero-order valence-electron chi connectivity index (χ0n) is 17.9. The van der Waals surface area contributed by atoms with Crippen LogP contribution in [-0.4, -0.2) is 51.2 Å². The van der Waals surface area contributed by atoms with Crippen LogP contribution in [0.1, 0.15) is 29.7 Å². The highest BCUT2D eigenvalue weighted by molar-refractivity contribution is 8.00. The molecule has 4 aliphatic rings. The van der Waals surface area contributed by atoms with E-state index in [4.69, 9.17) is 4.74 Å². The van der Waals surface area contributed by atoms with Crippen molar-refractivity contribution in [2.45, 2.75) is 29.0 Å². The van der Waals surface area contributed by atoms with Gasteiger partial charge in [0.1, 0.15) is 12.3 Å². The Morgan fingerprint density at radius 3 is 2.58 bits per heavy atom. The fourth-order valence-corrected chi connectivity index (χ4v) is 9.91. The zero-order chi connectivity index (χ0) is 23.2. The van der Waals surface area contributed by atoms with E-state index >= 15 is 0 Å². The number of nitrogens with one attached hydrogen (secondary N) is 1. The quantitative estimate of drug-likeness (QED) is 0.638. The number of rotatable bonds is 4. The number of carboxylic acid groups (broad SMARTS) is 1. The van der Waals surface area contributed by atoms with E-state index in [2.05, 4.69) is 11.9 Å². The number of carboxylic acids is 1. The molecule has 2 aromatic rings. The van der Waals surface area contributed by atoms with Crippen molar-refractivity contribution in [2.24, 2.45) is 29.6 Å². The number of hydrogen-bond acceptors (Lipinski definition) is 7. The van der Waals surface area contributed by atoms with E-state index in [9.17, 15) is 24.3 Å². The minimum absolute atomic E-state index is 0.0441. The molecule has 3 heterocycles. The summed E-state index contributed by atoms with van der Waals surface area (Å²) in [6, 6.07) is 7.82. The summed E-state index contributed by atoms with van der Waals surface area (Å²) < 4.78 is 4.96. The minimum Gasteiger partial charge on any atom is -0.497 e. The number of benzene rings is 1. The molecule has 1 saturated heterocycles. The summed E-state index contributed by atoms with van der Waals surface area (Å²) in [5, 5.41) is 10.1. The van der Waals surface area contributed by atoms with Gasteiger partial charge < -0.3 is 14.8 Å². The first-order chi connectivity index (χ1) is 15.7. The van der Waals surface area contributed by atoms with Gasteiger partial charge in [-0.3, -0.25) is 24.1 Å². The van der Waals surface area contributed by atoms with Crippen LogP contribution in [0, 0.1) is 29.6 Å². The number of H-pyrrole nitrogens is 1. The van der Waals surface area contributed by atoms with Crippen LogP contribution in [0.3, 0.4) is 0 Å². The van der Waals surface area contributed by atoms with Crippen molar-refractivity contribution < 1.29 is 24.2 Å². The minimum atomic E-state index is -1.18. The molecule has 10 heteroatoms. The number of carbonyl (C=O) groups excluding carboxylic acids is 2. The summed E-state index contributed by atoms with van der Waals surface area (Å²) in [5.41, 5.74) is 1.05. The highest BCUT2D eigenvalue weighted by Gasteiger charge is 2.73. The van der Waals surface area contributed by atoms with Crippen LogP contribution in [0.2, 0.25) is 0 Å². The van der Waals surface area contributed by atoms with Crippen LogP contribution in [-0.2, 0) is 14.4 Å². The van der Waals surface area contributed by atoms with Gasteiger partial charge in [-0.1, -0.05) is 23.5 Å². The number of thioether (sulfide) groups is 1. The van der Waals surface area contributed by atoms with Crippen molar-refractivity contribution in [3.8, 4) is 5.75 Å². The van der Waals surface area contributed by atoms with Crippen molar-refractivity contribution in [3.05, 3.63) is 44.4 Å². The first kappa shape index (κ1) is 21.0. The van der Waals surface area contributed by atoms with Crippen LogP contribution < -0.4 is 9.61 Å². The molecule has 6 rings (SSSR count). The number of nitrogens with zero attached hydrogens (tertiary/aromatic N) is 1. The van der Waals surface area contributed by atoms with Crippen LogP contribution in [0.5, 0.6) is 5.75 Å². The fraction of sp³-hybridized carbons (Fsp3) is 0.478. The Morgan fingerprint density at radius 2 is 1.91 bits per heavy atom. The molecule has 172 valence electrons. The number of imide groups is 1. The van der Waals surface area contributed by atoms with Gasteiger partial charge in [-0.15, -0.1) is 11.8 Å². The lowest BCUT2D eigenvalue weighted by molar-refractivity contribution is -0.149. The number of likely N-dealkylation sites (tertiary alicyclic amines) is 1. The topological polar surface area (TPSA) is 117 Å². The second-order valence-corrected chi connectivity index (χ2v) is 12.0. The highest BCUT2D eigenvalue weighted by atomic mass is 32.2. The Hall–Kier alpha value is -2.59. The van der Waals surface area contributed by atoms with Gasteiger partial charge in [0.15, 0.2) is 0 Å². The first-order valence-corrected chi connectivity index (χ1v) is 12.5. The van der Waals surface area contributed by atoms with Crippen molar-refractivity contribution in [3.63, 3.8) is 0 Å². The molecule has 1 aromatic carbocycles. The molecule has 2 bridgehead atoms. The third-order valence-corrected chi connectivity index (χ3v) is 10.8. The van der Waals surface area contributed by atoms with Gasteiger partial charge in [0.25, 0.3) is 0 Å². The standard InChI is InChI=1S/C23H22N2O6S2/c1-23-12-7-11(15-16(12)21(29)25(20(15)28)8-13(26)27)17(23)14(9-3-5-10(31-2)6-4-9)18-19(33-23)24-22(30)32-18/h3-6,11-12,14-17H,7-8H2,1-2H3,(H,24,30)(H,26,27)/t11-,12-,14+,15-,16-,17-,23+/m1/s1. The molecular formula is C23H22N2O6S2. The predicted octanol–water partition coefficient (Wildman–Crippen LogP) is 2.39. The molecule has 0 spiro atoms. The van der Waals surface area contributed by atoms with E-state index in [-0.39, 0.29) is 45.1 Å². The Labute approximate surface area is 197 Å². The molecule has 0 unspecified atom stereocenters. The van der Waals surface area contributed by atoms with Crippen LogP contribution in [0.4, 0.5) is 0 Å². The second kappa shape index (κ2) is 6.96. The van der Waals surface area contributed by atoms with E-state index < -0.39 is 24.3 Å². The molecule has 8 nitrogen and oxygen atoms in total. The third kappa shape index (κ3) is 2.70. The maximum atomic E-state index is 13.2. The molecule has 3 fully saturated rings. The van der Waals surface area contributed by atoms with Crippen LogP contribution >= 0.6 is 23.1 Å². The number of hydrogen-bond donors (Lipinski definition) is 2. The molecule has 33 heavy (non-hydrogen) atoms. The van der Waals surface area contributed by atoms with Gasteiger partial charge in [-0.05, 0) is 48.8 Å². The largest absolute Gasteiger partial charge is 0.497 e. The second-order valence-electron chi connectivity index (χ2n) is 9.48. The molecule has 2 aliphatic carbocycles. The summed E-state index contributed by atoms with van der Waals surface area (Å²) in [6.07, 6.45) is 0.758. The van der Waals surface area contributed by atoms with E-state index in [1.807, 2.05) is 24.3 Å². The van der Waals surface area contributed by atoms with Gasteiger partial charge in [0, 0.05) is 15.5 Å². The van der Waals surface area contributed by atoms with Gasteiger partial charge in [0.2, 0.25) is 11.8 Å². The molecule has 7 atom stereocenters. The van der Waals surface area contributed by atoms with Crippen molar-refractivity contribution in [1.29, 1.82) is 0 Å². The van der Waals surface area contributed by atoms with Crippen molar-refractivity contribution in [1.82, 2.24) is 9.88 Å². The monoisotopic (exact) mass is 486 g/mol. The average molecular weight is 487 g/mol. The van der Waals surface area contributed by atoms with Gasteiger partial charge in [0.05, 0.1) is 24.0 Å². The molecule has 1 aromatic heterocycles. The molecule has 2 saturated carbocycles. The van der Waals surface area contributed by atoms with E-state index in [1.54, 1.807) is 18.9 Å². The van der Waals surface area contributed by atoms with Crippen LogP contribution in [0.25, 0.3) is 0 Å². The lowest BCUT2D eigenvalue weighted by Crippen LogP contribution is -2.50. The SMILES string of the molecule is COc1ccc([C@@H]2c3sc(=O)[nH]c3S[C@]3(C)[C@@H]2[C@@H]2C[C@@H]3[C@H]3C(=O)N(CC(=O)O)C(=O)[C@H]23)cc1. The van der Waals surface area contributed by atoms with Crippen molar-refractivity contribution in [2.75, 3.05) is 13.7 Å². The summed E-state index contributed by atoms with van der Waals surface area (Å²) in [7, 11) is 1.61. The van der Waals surface area contributed by atoms with E-state index in [0.29, 0.717) is 0 Å². The summed E-state index contributed by atoms with van der Waals surface area (Å²) in [6.45, 7) is 1.57.